The molecule has 0 fully saturated rings. The van der Waals surface area contributed by atoms with E-state index in [1.165, 1.54) is 19.3 Å². The van der Waals surface area contributed by atoms with Crippen molar-refractivity contribution in [2.45, 2.75) is 39.5 Å². The minimum absolute atomic E-state index is 0.306. The van der Waals surface area contributed by atoms with Gasteiger partial charge in [0.1, 0.15) is 24.7 Å². The lowest BCUT2D eigenvalue weighted by Crippen LogP contribution is -2.28. The summed E-state index contributed by atoms with van der Waals surface area (Å²) in [5, 5.41) is 7.68. The number of unbranched alkanes of at least 4 members (excludes halogenated alkanes) is 3. The molecule has 2 rings (SSSR count). The van der Waals surface area contributed by atoms with Gasteiger partial charge in [-0.2, -0.15) is 5.10 Å². The Morgan fingerprint density at radius 3 is 2.26 bits per heavy atom. The number of nitrogens with one attached hydrogen (secondary N) is 2. The number of hydrogen-bond donors (Lipinski definition) is 2. The summed E-state index contributed by atoms with van der Waals surface area (Å²) in [5.74, 6) is 2.60. The van der Waals surface area contributed by atoms with E-state index >= 15 is 0 Å². The van der Waals surface area contributed by atoms with Crippen LogP contribution in [0.25, 0.3) is 0 Å². The molecule has 0 atom stereocenters. The first kappa shape index (κ1) is 27.5. The number of nitrogens with zero attached hydrogens (tertiary/aromatic N) is 1. The lowest BCUT2D eigenvalue weighted by Gasteiger charge is -2.15. The van der Waals surface area contributed by atoms with Crippen molar-refractivity contribution in [1.82, 2.24) is 10.7 Å². The highest BCUT2D eigenvalue weighted by atomic mass is 35.5. The number of benzene rings is 2. The molecule has 0 radical (unpaired) electrons. The minimum atomic E-state index is 0.306. The number of rotatable bonds is 15. The summed E-state index contributed by atoms with van der Waals surface area (Å²) in [7, 11) is 1.71. The monoisotopic (exact) mass is 507 g/mol. The molecule has 0 amide bonds. The number of hydrogen-bond acceptors (Lipinski definition) is 6. The molecule has 2 aromatic carbocycles. The third-order valence-corrected chi connectivity index (χ3v) is 5.20. The molecule has 0 aliphatic rings. The fourth-order valence-corrected chi connectivity index (χ4v) is 3.27. The third kappa shape index (κ3) is 10.1. The maximum Gasteiger partial charge on any atom is 0.186 e. The molecule has 0 aromatic heterocycles. The Morgan fingerprint density at radius 1 is 0.941 bits per heavy atom. The maximum atomic E-state index is 6.44. The van der Waals surface area contributed by atoms with Crippen molar-refractivity contribution in [3.63, 3.8) is 0 Å². The second-order valence-electron chi connectivity index (χ2n) is 7.29. The zero-order chi connectivity index (χ0) is 24.6. The van der Waals surface area contributed by atoms with Crippen molar-refractivity contribution >= 4 is 35.1 Å². The van der Waals surface area contributed by atoms with Crippen molar-refractivity contribution in [2.24, 2.45) is 5.10 Å². The molecular formula is C25H34ClN3O4S. The van der Waals surface area contributed by atoms with Gasteiger partial charge in [-0.25, -0.2) is 0 Å². The van der Waals surface area contributed by atoms with E-state index in [9.17, 15) is 0 Å². The number of ether oxygens (including phenoxy) is 4. The van der Waals surface area contributed by atoms with Gasteiger partial charge in [-0.1, -0.05) is 37.8 Å². The Morgan fingerprint density at radius 2 is 1.62 bits per heavy atom. The molecule has 2 aromatic rings. The SMILES string of the molecule is CCCCCCOc1ccc(OCCOc2c(Cl)cc(C=NNC(=S)NC)cc2OCC)cc1. The van der Waals surface area contributed by atoms with Crippen molar-refractivity contribution in [1.29, 1.82) is 0 Å². The molecule has 0 aliphatic heterocycles. The zero-order valence-electron chi connectivity index (χ0n) is 20.1. The third-order valence-electron chi connectivity index (χ3n) is 4.63. The molecule has 0 saturated carbocycles. The number of thiocarbonyl (C=S) groups is 1. The van der Waals surface area contributed by atoms with Crippen LogP contribution in [0, 0.1) is 0 Å². The predicted octanol–water partition coefficient (Wildman–Crippen LogP) is 5.58. The van der Waals surface area contributed by atoms with Gasteiger partial charge < -0.3 is 24.3 Å². The van der Waals surface area contributed by atoms with E-state index < -0.39 is 0 Å². The largest absolute Gasteiger partial charge is 0.494 e. The van der Waals surface area contributed by atoms with Crippen LogP contribution in [0.2, 0.25) is 5.02 Å². The smallest absolute Gasteiger partial charge is 0.186 e. The lowest BCUT2D eigenvalue weighted by molar-refractivity contribution is 0.208. The minimum Gasteiger partial charge on any atom is -0.494 e. The summed E-state index contributed by atoms with van der Waals surface area (Å²) >= 11 is 11.4. The highest BCUT2D eigenvalue weighted by Crippen LogP contribution is 2.36. The Kier molecular flexibility index (Phi) is 13.0. The summed E-state index contributed by atoms with van der Waals surface area (Å²) in [6.07, 6.45) is 6.34. The molecule has 0 unspecified atom stereocenters. The van der Waals surface area contributed by atoms with E-state index in [4.69, 9.17) is 42.8 Å². The van der Waals surface area contributed by atoms with Gasteiger partial charge in [-0.3, -0.25) is 5.43 Å². The van der Waals surface area contributed by atoms with Crippen LogP contribution in [0.3, 0.4) is 0 Å². The Hall–Kier alpha value is -2.71. The van der Waals surface area contributed by atoms with Crippen LogP contribution < -0.4 is 29.7 Å². The van der Waals surface area contributed by atoms with Crippen LogP contribution in [0.1, 0.15) is 45.1 Å². The second-order valence-corrected chi connectivity index (χ2v) is 8.11. The molecule has 186 valence electrons. The van der Waals surface area contributed by atoms with Crippen LogP contribution >= 0.6 is 23.8 Å². The molecule has 0 spiro atoms. The molecule has 0 saturated heterocycles. The molecule has 9 heteroatoms. The summed E-state index contributed by atoms with van der Waals surface area (Å²) in [5.41, 5.74) is 3.44. The highest BCUT2D eigenvalue weighted by molar-refractivity contribution is 7.80. The van der Waals surface area contributed by atoms with Gasteiger partial charge in [0.2, 0.25) is 0 Å². The predicted molar refractivity (Wildman–Crippen MR) is 142 cm³/mol. The van der Waals surface area contributed by atoms with Gasteiger partial charge in [0.25, 0.3) is 0 Å². The number of halogens is 1. The van der Waals surface area contributed by atoms with Crippen LogP contribution in [0.15, 0.2) is 41.5 Å². The van der Waals surface area contributed by atoms with Crippen LogP contribution in [0.4, 0.5) is 0 Å². The molecule has 0 heterocycles. The van der Waals surface area contributed by atoms with Gasteiger partial charge in [0.15, 0.2) is 16.6 Å². The van der Waals surface area contributed by atoms with Gasteiger partial charge in [0, 0.05) is 7.05 Å². The average molecular weight is 508 g/mol. The Labute approximate surface area is 212 Å². The first-order valence-electron chi connectivity index (χ1n) is 11.5. The first-order valence-corrected chi connectivity index (χ1v) is 12.3. The molecule has 2 N–H and O–H groups in total. The summed E-state index contributed by atoms with van der Waals surface area (Å²) in [4.78, 5) is 0. The molecule has 0 bridgehead atoms. The molecular weight excluding hydrogens is 474 g/mol. The topological polar surface area (TPSA) is 73.3 Å². The Bertz CT molecular complexity index is 910. The van der Waals surface area contributed by atoms with Crippen LogP contribution in [-0.2, 0) is 0 Å². The molecule has 7 nitrogen and oxygen atoms in total. The van der Waals surface area contributed by atoms with Gasteiger partial charge in [-0.15, -0.1) is 0 Å². The van der Waals surface area contributed by atoms with E-state index in [-0.39, 0.29) is 0 Å². The normalized spacial score (nSPS) is 10.7. The molecule has 34 heavy (non-hydrogen) atoms. The lowest BCUT2D eigenvalue weighted by atomic mass is 10.2. The fourth-order valence-electron chi connectivity index (χ4n) is 2.94. The average Bonchev–Trinajstić information content (AvgIpc) is 2.84. The van der Waals surface area contributed by atoms with Gasteiger partial charge in [0.05, 0.1) is 24.5 Å². The highest BCUT2D eigenvalue weighted by Gasteiger charge is 2.12. The van der Waals surface area contributed by atoms with Crippen molar-refractivity contribution < 1.29 is 18.9 Å². The standard InChI is InChI=1S/C25H34ClN3O4S/c1-4-6-7-8-13-31-20-9-11-21(12-10-20)32-14-15-33-24-22(26)16-19(17-23(24)30-5-2)18-28-29-25(34)27-3/h9-12,16-18H,4-8,13-15H2,1-3H3,(H2,27,29,34). The van der Waals surface area contributed by atoms with E-state index in [0.29, 0.717) is 41.5 Å². The maximum absolute atomic E-state index is 6.44. The van der Waals surface area contributed by atoms with Crippen LogP contribution in [-0.4, -0.2) is 44.8 Å². The summed E-state index contributed by atoms with van der Waals surface area (Å²) in [6, 6.07) is 11.2. The summed E-state index contributed by atoms with van der Waals surface area (Å²) in [6.45, 7) is 5.97. The van der Waals surface area contributed by atoms with E-state index in [2.05, 4.69) is 22.8 Å². The van der Waals surface area contributed by atoms with E-state index in [0.717, 1.165) is 30.1 Å². The number of hydrazone groups is 1. The van der Waals surface area contributed by atoms with E-state index in [1.54, 1.807) is 25.4 Å². The van der Waals surface area contributed by atoms with Crippen molar-refractivity contribution in [3.8, 4) is 23.0 Å². The first-order chi connectivity index (χ1) is 16.6. The second kappa shape index (κ2) is 16.0. The quantitative estimate of drug-likeness (QED) is 0.141. The fraction of sp³-hybridized carbons (Fsp3) is 0.440. The van der Waals surface area contributed by atoms with Gasteiger partial charge in [-0.05, 0) is 67.5 Å². The zero-order valence-corrected chi connectivity index (χ0v) is 21.6. The van der Waals surface area contributed by atoms with Crippen LogP contribution in [0.5, 0.6) is 23.0 Å². The summed E-state index contributed by atoms with van der Waals surface area (Å²) < 4.78 is 23.1. The van der Waals surface area contributed by atoms with Gasteiger partial charge >= 0.3 is 0 Å². The Balaban J connectivity index is 1.84. The van der Waals surface area contributed by atoms with Crippen molar-refractivity contribution in [3.05, 3.63) is 47.0 Å². The van der Waals surface area contributed by atoms with Crippen molar-refractivity contribution in [2.75, 3.05) is 33.5 Å². The van der Waals surface area contributed by atoms with E-state index in [1.807, 2.05) is 31.2 Å². The molecule has 0 aliphatic carbocycles.